The van der Waals surface area contributed by atoms with Crippen molar-refractivity contribution in [3.8, 4) is 0 Å². The van der Waals surface area contributed by atoms with Crippen LogP contribution in [0, 0.1) is 0 Å². The molecule has 0 atom stereocenters. The summed E-state index contributed by atoms with van der Waals surface area (Å²) >= 11 is 2.56. The highest BCUT2D eigenvalue weighted by molar-refractivity contribution is 7.99. The van der Waals surface area contributed by atoms with E-state index in [1.807, 2.05) is 0 Å². The molecule has 9 heteroatoms. The van der Waals surface area contributed by atoms with Crippen molar-refractivity contribution in [1.29, 1.82) is 0 Å². The number of rotatable bonds is 5. The van der Waals surface area contributed by atoms with Gasteiger partial charge in [-0.15, -0.1) is 11.3 Å². The van der Waals surface area contributed by atoms with Gasteiger partial charge in [0.1, 0.15) is 5.00 Å². The molecular formula is C19H18N4O3S2. The topological polar surface area (TPSA) is 118 Å². The number of benzene rings is 1. The molecule has 0 unspecified atom stereocenters. The lowest BCUT2D eigenvalue weighted by molar-refractivity contribution is -0.113. The minimum Gasteiger partial charge on any atom is -0.365 e. The first-order chi connectivity index (χ1) is 13.5. The number of carbonyl (C=O) groups excluding carboxylic acids is 2. The third-order valence-electron chi connectivity index (χ3n) is 4.60. The standard InChI is InChI=1S/C19H18N4O3S2/c20-16(25)15-11-6-2-4-8-13(11)28-18(15)22-14(24)9-27-19-21-12-7-3-1-5-10(12)17(26)23-19/h1,3,5,7H,2,4,6,8-9H2,(H2,20,25)(H,22,24)(H,21,23,26). The molecule has 0 bridgehead atoms. The molecule has 2 aromatic heterocycles. The Morgan fingerprint density at radius 1 is 1.25 bits per heavy atom. The number of aromatic nitrogens is 2. The number of nitrogens with one attached hydrogen (secondary N) is 2. The van der Waals surface area contributed by atoms with Crippen molar-refractivity contribution in [2.45, 2.75) is 30.8 Å². The zero-order chi connectivity index (χ0) is 19.7. The van der Waals surface area contributed by atoms with Crippen LogP contribution < -0.4 is 16.6 Å². The van der Waals surface area contributed by atoms with E-state index in [-0.39, 0.29) is 17.2 Å². The van der Waals surface area contributed by atoms with Crippen LogP contribution in [0.25, 0.3) is 10.9 Å². The van der Waals surface area contributed by atoms with Gasteiger partial charge in [0.2, 0.25) is 5.91 Å². The van der Waals surface area contributed by atoms with E-state index >= 15 is 0 Å². The van der Waals surface area contributed by atoms with Crippen molar-refractivity contribution in [1.82, 2.24) is 9.97 Å². The van der Waals surface area contributed by atoms with Gasteiger partial charge >= 0.3 is 0 Å². The number of primary amides is 1. The molecule has 7 nitrogen and oxygen atoms in total. The molecule has 2 amide bonds. The number of nitrogens with zero attached hydrogens (tertiary/aromatic N) is 1. The molecule has 2 heterocycles. The highest BCUT2D eigenvalue weighted by Gasteiger charge is 2.25. The second-order valence-corrected chi connectivity index (χ2v) is 8.57. The molecule has 0 fully saturated rings. The van der Waals surface area contributed by atoms with E-state index in [0.717, 1.165) is 47.9 Å². The number of amides is 2. The number of hydrogen-bond acceptors (Lipinski definition) is 6. The second kappa shape index (κ2) is 7.76. The Kier molecular flexibility index (Phi) is 5.19. The number of H-pyrrole nitrogens is 1. The van der Waals surface area contributed by atoms with Gasteiger partial charge in [0.25, 0.3) is 11.5 Å². The number of aryl methyl sites for hydroxylation is 1. The van der Waals surface area contributed by atoms with Gasteiger partial charge in [-0.2, -0.15) is 0 Å². The highest BCUT2D eigenvalue weighted by atomic mass is 32.2. The molecular weight excluding hydrogens is 396 g/mol. The summed E-state index contributed by atoms with van der Waals surface area (Å²) in [7, 11) is 0. The second-order valence-electron chi connectivity index (χ2n) is 6.50. The summed E-state index contributed by atoms with van der Waals surface area (Å²) in [6.45, 7) is 0. The van der Waals surface area contributed by atoms with Crippen LogP contribution in [0.3, 0.4) is 0 Å². The van der Waals surface area contributed by atoms with E-state index in [4.69, 9.17) is 5.73 Å². The molecule has 1 aliphatic rings. The lowest BCUT2D eigenvalue weighted by Gasteiger charge is -2.11. The first-order valence-electron chi connectivity index (χ1n) is 8.89. The summed E-state index contributed by atoms with van der Waals surface area (Å²) in [5.41, 5.74) is 7.31. The highest BCUT2D eigenvalue weighted by Crippen LogP contribution is 2.38. The van der Waals surface area contributed by atoms with Crippen LogP contribution in [-0.2, 0) is 17.6 Å². The van der Waals surface area contributed by atoms with Gasteiger partial charge in [0, 0.05) is 4.88 Å². The number of thiophene rings is 1. The fourth-order valence-electron chi connectivity index (χ4n) is 3.34. The molecule has 0 aliphatic heterocycles. The largest absolute Gasteiger partial charge is 0.365 e. The smallest absolute Gasteiger partial charge is 0.259 e. The Hall–Kier alpha value is -2.65. The van der Waals surface area contributed by atoms with Crippen molar-refractivity contribution in [2.24, 2.45) is 5.73 Å². The molecule has 0 saturated heterocycles. The zero-order valence-electron chi connectivity index (χ0n) is 14.9. The van der Waals surface area contributed by atoms with Crippen LogP contribution in [0.5, 0.6) is 0 Å². The molecule has 4 N–H and O–H groups in total. The van der Waals surface area contributed by atoms with Gasteiger partial charge in [-0.05, 0) is 43.4 Å². The normalized spacial score (nSPS) is 13.3. The summed E-state index contributed by atoms with van der Waals surface area (Å²) < 4.78 is 0. The molecule has 0 radical (unpaired) electrons. The van der Waals surface area contributed by atoms with Crippen LogP contribution in [0.4, 0.5) is 5.00 Å². The maximum atomic E-state index is 12.4. The summed E-state index contributed by atoms with van der Waals surface area (Å²) in [6.07, 6.45) is 3.83. The third kappa shape index (κ3) is 3.67. The molecule has 3 aromatic rings. The van der Waals surface area contributed by atoms with Crippen molar-refractivity contribution in [2.75, 3.05) is 11.1 Å². The lowest BCUT2D eigenvalue weighted by Crippen LogP contribution is -2.19. The Morgan fingerprint density at radius 3 is 2.86 bits per heavy atom. The minimum absolute atomic E-state index is 0.0576. The van der Waals surface area contributed by atoms with E-state index in [9.17, 15) is 14.4 Å². The van der Waals surface area contributed by atoms with Crippen molar-refractivity contribution < 1.29 is 9.59 Å². The number of para-hydroxylation sites is 1. The Balaban J connectivity index is 1.49. The van der Waals surface area contributed by atoms with Gasteiger partial charge in [0.15, 0.2) is 5.16 Å². The zero-order valence-corrected chi connectivity index (χ0v) is 16.5. The van der Waals surface area contributed by atoms with Gasteiger partial charge in [-0.1, -0.05) is 23.9 Å². The molecule has 28 heavy (non-hydrogen) atoms. The number of hydrogen-bond donors (Lipinski definition) is 3. The molecule has 1 aromatic carbocycles. The number of thioether (sulfide) groups is 1. The van der Waals surface area contributed by atoms with E-state index in [1.165, 1.54) is 11.3 Å². The third-order valence-corrected chi connectivity index (χ3v) is 6.68. The summed E-state index contributed by atoms with van der Waals surface area (Å²) in [4.78, 5) is 44.6. The van der Waals surface area contributed by atoms with Gasteiger partial charge in [-0.25, -0.2) is 4.98 Å². The number of fused-ring (bicyclic) bond motifs is 2. The van der Waals surface area contributed by atoms with E-state index in [1.54, 1.807) is 24.3 Å². The van der Waals surface area contributed by atoms with Crippen LogP contribution >= 0.6 is 23.1 Å². The fraction of sp³-hybridized carbons (Fsp3) is 0.263. The Bertz CT molecular complexity index is 1140. The minimum atomic E-state index is -0.511. The van der Waals surface area contributed by atoms with E-state index in [0.29, 0.717) is 26.6 Å². The predicted octanol–water partition coefficient (Wildman–Crippen LogP) is 2.69. The molecule has 144 valence electrons. The molecule has 0 spiro atoms. The fourth-order valence-corrected chi connectivity index (χ4v) is 5.32. The summed E-state index contributed by atoms with van der Waals surface area (Å²) in [6, 6.07) is 7.03. The maximum Gasteiger partial charge on any atom is 0.259 e. The monoisotopic (exact) mass is 414 g/mol. The van der Waals surface area contributed by atoms with Gasteiger partial charge in [-0.3, -0.25) is 14.4 Å². The van der Waals surface area contributed by atoms with E-state index < -0.39 is 5.91 Å². The molecule has 1 aliphatic carbocycles. The summed E-state index contributed by atoms with van der Waals surface area (Å²) in [5, 5.41) is 4.21. The average Bonchev–Trinajstić information content (AvgIpc) is 3.04. The number of carbonyl (C=O) groups is 2. The van der Waals surface area contributed by atoms with Crippen molar-refractivity contribution >= 4 is 50.8 Å². The average molecular weight is 415 g/mol. The van der Waals surface area contributed by atoms with Crippen LogP contribution in [0.15, 0.2) is 34.2 Å². The molecule has 0 saturated carbocycles. The Labute approximate surface area is 168 Å². The maximum absolute atomic E-state index is 12.4. The summed E-state index contributed by atoms with van der Waals surface area (Å²) in [5.74, 6) is -0.730. The lowest BCUT2D eigenvalue weighted by atomic mass is 9.95. The van der Waals surface area contributed by atoms with E-state index in [2.05, 4.69) is 15.3 Å². The number of nitrogens with two attached hydrogens (primary N) is 1. The van der Waals surface area contributed by atoms with Crippen molar-refractivity contribution in [3.63, 3.8) is 0 Å². The number of anilines is 1. The predicted molar refractivity (Wildman–Crippen MR) is 111 cm³/mol. The van der Waals surface area contributed by atoms with Crippen LogP contribution in [0.2, 0.25) is 0 Å². The Morgan fingerprint density at radius 2 is 2.04 bits per heavy atom. The molecule has 4 rings (SSSR count). The first-order valence-corrected chi connectivity index (χ1v) is 10.7. The van der Waals surface area contributed by atoms with Crippen LogP contribution in [0.1, 0.15) is 33.6 Å². The van der Waals surface area contributed by atoms with Crippen LogP contribution in [-0.4, -0.2) is 27.5 Å². The SMILES string of the molecule is NC(=O)c1c(NC(=O)CSc2nc3ccccc3c(=O)[nH]2)sc2c1CCCC2. The van der Waals surface area contributed by atoms with Gasteiger partial charge < -0.3 is 16.0 Å². The number of aromatic amines is 1. The van der Waals surface area contributed by atoms with Gasteiger partial charge in [0.05, 0.1) is 22.2 Å². The van der Waals surface area contributed by atoms with Crippen molar-refractivity contribution in [3.05, 3.63) is 50.6 Å². The first kappa shape index (κ1) is 18.7. The quantitative estimate of drug-likeness (QED) is 0.438.